The minimum absolute atomic E-state index is 0.00621. The molecule has 1 saturated heterocycles. The second kappa shape index (κ2) is 10.4. The zero-order chi connectivity index (χ0) is 24.1. The van der Waals surface area contributed by atoms with E-state index in [1.165, 1.54) is 4.68 Å². The van der Waals surface area contributed by atoms with Gasteiger partial charge in [-0.25, -0.2) is 13.5 Å². The molecule has 0 bridgehead atoms. The third-order valence-corrected chi connectivity index (χ3v) is 5.99. The average Bonchev–Trinajstić information content (AvgIpc) is 3.19. The number of carbonyl (C=O) groups excluding carboxylic acids is 2. The molecule has 0 atom stereocenters. The van der Waals surface area contributed by atoms with E-state index in [1.54, 1.807) is 30.2 Å². The predicted octanol–water partition coefficient (Wildman–Crippen LogP) is 4.41. The van der Waals surface area contributed by atoms with E-state index in [0.29, 0.717) is 31.7 Å². The number of anilines is 1. The highest BCUT2D eigenvalue weighted by Gasteiger charge is 2.27. The normalized spacial score (nSPS) is 14.5. The van der Waals surface area contributed by atoms with Crippen molar-refractivity contribution in [1.82, 2.24) is 14.7 Å². The van der Waals surface area contributed by atoms with E-state index >= 15 is 0 Å². The molecule has 2 aromatic carbocycles. The first-order chi connectivity index (χ1) is 16.4. The molecule has 6 nitrogen and oxygen atoms in total. The fourth-order valence-electron chi connectivity index (χ4n) is 4.01. The topological polar surface area (TPSA) is 67.2 Å². The average molecular weight is 465 g/mol. The smallest absolute Gasteiger partial charge is 0.246 e. The Morgan fingerprint density at radius 1 is 1.12 bits per heavy atom. The molecule has 0 saturated carbocycles. The van der Waals surface area contributed by atoms with Crippen LogP contribution in [0.5, 0.6) is 0 Å². The molecule has 1 aromatic heterocycles. The van der Waals surface area contributed by atoms with Crippen molar-refractivity contribution in [2.45, 2.75) is 26.3 Å². The van der Waals surface area contributed by atoms with Crippen molar-refractivity contribution in [2.24, 2.45) is 5.92 Å². The van der Waals surface area contributed by atoms with Crippen molar-refractivity contribution in [3.8, 4) is 0 Å². The summed E-state index contributed by atoms with van der Waals surface area (Å²) in [4.78, 5) is 27.2. The van der Waals surface area contributed by atoms with E-state index in [9.17, 15) is 18.4 Å². The third kappa shape index (κ3) is 5.57. The molecule has 1 aliphatic heterocycles. The van der Waals surface area contributed by atoms with Gasteiger partial charge in [0.15, 0.2) is 0 Å². The van der Waals surface area contributed by atoms with E-state index in [0.717, 1.165) is 29.3 Å². The van der Waals surface area contributed by atoms with E-state index in [4.69, 9.17) is 0 Å². The summed E-state index contributed by atoms with van der Waals surface area (Å²) in [5.41, 5.74) is 1.83. The Hall–Kier alpha value is -3.81. The van der Waals surface area contributed by atoms with Gasteiger partial charge in [0.1, 0.15) is 17.5 Å². The number of amides is 2. The molecule has 34 heavy (non-hydrogen) atoms. The first-order valence-corrected chi connectivity index (χ1v) is 11.2. The fourth-order valence-corrected chi connectivity index (χ4v) is 4.01. The minimum Gasteiger partial charge on any atom is -0.339 e. The van der Waals surface area contributed by atoms with Crippen LogP contribution in [0.4, 0.5) is 14.6 Å². The lowest BCUT2D eigenvalue weighted by Crippen LogP contribution is -2.41. The van der Waals surface area contributed by atoms with Crippen molar-refractivity contribution < 1.29 is 18.4 Å². The van der Waals surface area contributed by atoms with Crippen molar-refractivity contribution in [1.29, 1.82) is 0 Å². The van der Waals surface area contributed by atoms with Gasteiger partial charge in [0.25, 0.3) is 0 Å². The lowest BCUT2D eigenvalue weighted by atomic mass is 9.95. The van der Waals surface area contributed by atoms with Crippen LogP contribution in [0.25, 0.3) is 6.08 Å². The first kappa shape index (κ1) is 23.4. The van der Waals surface area contributed by atoms with Crippen LogP contribution in [0.1, 0.15) is 29.5 Å². The highest BCUT2D eigenvalue weighted by Crippen LogP contribution is 2.23. The molecule has 0 spiro atoms. The van der Waals surface area contributed by atoms with E-state index in [-0.39, 0.29) is 29.8 Å². The van der Waals surface area contributed by atoms with Gasteiger partial charge in [-0.05, 0) is 49.6 Å². The zero-order valence-corrected chi connectivity index (χ0v) is 18.9. The standard InChI is InChI=1S/C26H26F2N4O2/c1-18-16-29-32(17-21-15-22(27)8-9-23(21)28)25(18)30-26(34)20-11-13-31(14-12-20)24(33)10-7-19-5-3-2-4-6-19/h2-10,15-16,20H,11-14,17H2,1H3,(H,30,34)/b10-7+. The van der Waals surface area contributed by atoms with Crippen LogP contribution >= 0.6 is 0 Å². The summed E-state index contributed by atoms with van der Waals surface area (Å²) >= 11 is 0. The summed E-state index contributed by atoms with van der Waals surface area (Å²) in [7, 11) is 0. The molecule has 0 aliphatic carbocycles. The molecule has 3 aromatic rings. The van der Waals surface area contributed by atoms with Gasteiger partial charge in [-0.2, -0.15) is 5.10 Å². The summed E-state index contributed by atoms with van der Waals surface area (Å²) in [5, 5.41) is 7.11. The lowest BCUT2D eigenvalue weighted by Gasteiger charge is -2.30. The second-order valence-corrected chi connectivity index (χ2v) is 8.40. The number of aromatic nitrogens is 2. The molecular formula is C26H26F2N4O2. The van der Waals surface area contributed by atoms with Gasteiger partial charge >= 0.3 is 0 Å². The molecule has 176 valence electrons. The van der Waals surface area contributed by atoms with E-state index in [2.05, 4.69) is 10.4 Å². The molecule has 8 heteroatoms. The van der Waals surface area contributed by atoms with Gasteiger partial charge in [-0.15, -0.1) is 0 Å². The number of hydrogen-bond acceptors (Lipinski definition) is 3. The van der Waals surface area contributed by atoms with Crippen LogP contribution in [0, 0.1) is 24.5 Å². The predicted molar refractivity (Wildman–Crippen MR) is 126 cm³/mol. The molecule has 2 amide bonds. The zero-order valence-electron chi connectivity index (χ0n) is 18.9. The second-order valence-electron chi connectivity index (χ2n) is 8.40. The van der Waals surface area contributed by atoms with E-state index in [1.807, 2.05) is 30.3 Å². The maximum absolute atomic E-state index is 14.1. The molecule has 2 heterocycles. The molecule has 0 unspecified atom stereocenters. The first-order valence-electron chi connectivity index (χ1n) is 11.2. The highest BCUT2D eigenvalue weighted by atomic mass is 19.1. The van der Waals surface area contributed by atoms with Crippen molar-refractivity contribution in [2.75, 3.05) is 18.4 Å². The Morgan fingerprint density at radius 2 is 1.85 bits per heavy atom. The van der Waals surface area contributed by atoms with Gasteiger partial charge in [0, 0.05) is 36.2 Å². The van der Waals surface area contributed by atoms with Gasteiger partial charge in [0.05, 0.1) is 12.7 Å². The number of likely N-dealkylation sites (tertiary alicyclic amines) is 1. The number of hydrogen-bond donors (Lipinski definition) is 1. The van der Waals surface area contributed by atoms with Crippen molar-refractivity contribution in [3.63, 3.8) is 0 Å². The van der Waals surface area contributed by atoms with Crippen LogP contribution in [0.15, 0.2) is 60.8 Å². The summed E-state index contributed by atoms with van der Waals surface area (Å²) < 4.78 is 29.1. The lowest BCUT2D eigenvalue weighted by molar-refractivity contribution is -0.130. The largest absolute Gasteiger partial charge is 0.339 e. The number of rotatable bonds is 6. The summed E-state index contributed by atoms with van der Waals surface area (Å²) in [6, 6.07) is 12.9. The molecule has 4 rings (SSSR count). The van der Waals surface area contributed by atoms with Crippen LogP contribution in [0.3, 0.4) is 0 Å². The quantitative estimate of drug-likeness (QED) is 0.550. The monoisotopic (exact) mass is 464 g/mol. The molecule has 1 fully saturated rings. The number of nitrogens with zero attached hydrogens (tertiary/aromatic N) is 3. The van der Waals surface area contributed by atoms with Gasteiger partial charge in [-0.1, -0.05) is 30.3 Å². The Bertz CT molecular complexity index is 1200. The SMILES string of the molecule is Cc1cnn(Cc2cc(F)ccc2F)c1NC(=O)C1CCN(C(=O)/C=C/c2ccccc2)CC1. The Balaban J connectivity index is 1.35. The van der Waals surface area contributed by atoms with Gasteiger partial charge < -0.3 is 10.2 Å². The molecule has 0 radical (unpaired) electrons. The summed E-state index contributed by atoms with van der Waals surface area (Å²) in [6.45, 7) is 2.76. The van der Waals surface area contributed by atoms with Gasteiger partial charge in [-0.3, -0.25) is 9.59 Å². The number of halogens is 2. The number of nitrogens with one attached hydrogen (secondary N) is 1. The Kier molecular flexibility index (Phi) is 7.15. The Morgan fingerprint density at radius 3 is 2.59 bits per heavy atom. The van der Waals surface area contributed by atoms with Crippen molar-refractivity contribution in [3.05, 3.63) is 89.1 Å². The maximum Gasteiger partial charge on any atom is 0.246 e. The summed E-state index contributed by atoms with van der Waals surface area (Å²) in [5.74, 6) is -1.12. The van der Waals surface area contributed by atoms with E-state index < -0.39 is 11.6 Å². The van der Waals surface area contributed by atoms with Crippen molar-refractivity contribution >= 4 is 23.7 Å². The van der Waals surface area contributed by atoms with Crippen LogP contribution in [0.2, 0.25) is 0 Å². The number of carbonyl (C=O) groups is 2. The number of piperidine rings is 1. The third-order valence-electron chi connectivity index (χ3n) is 5.99. The van der Waals surface area contributed by atoms with Gasteiger partial charge in [0.2, 0.25) is 11.8 Å². The minimum atomic E-state index is -0.537. The molecule has 1 N–H and O–H groups in total. The number of aryl methyl sites for hydroxylation is 1. The van der Waals surface area contributed by atoms with Crippen LogP contribution in [-0.2, 0) is 16.1 Å². The number of benzene rings is 2. The summed E-state index contributed by atoms with van der Waals surface area (Å²) in [6.07, 6.45) is 6.01. The Labute approximate surface area is 196 Å². The van der Waals surface area contributed by atoms with Crippen LogP contribution in [-0.4, -0.2) is 39.6 Å². The molecule has 1 aliphatic rings. The highest BCUT2D eigenvalue weighted by molar-refractivity contribution is 5.94. The van der Waals surface area contributed by atoms with Crippen LogP contribution < -0.4 is 5.32 Å². The maximum atomic E-state index is 14.1. The fraction of sp³-hybridized carbons (Fsp3) is 0.269. The molecular weight excluding hydrogens is 438 g/mol.